The molecular weight excluding hydrogens is 204 g/mol. The zero-order chi connectivity index (χ0) is 11.2. The van der Waals surface area contributed by atoms with E-state index in [0.717, 1.165) is 25.5 Å². The molecule has 0 heterocycles. The zero-order valence-electron chi connectivity index (χ0n) is 8.95. The van der Waals surface area contributed by atoms with E-state index in [4.69, 9.17) is 0 Å². The third kappa shape index (κ3) is 6.88. The molecule has 0 unspecified atom stereocenters. The maximum atomic E-state index is 11.2. The van der Waals surface area contributed by atoms with Gasteiger partial charge in [-0.15, -0.1) is 0 Å². The predicted octanol–water partition coefficient (Wildman–Crippen LogP) is 1.71. The Labute approximate surface area is 85.8 Å². The van der Waals surface area contributed by atoms with E-state index >= 15 is 0 Å². The lowest BCUT2D eigenvalue weighted by Crippen LogP contribution is -2.18. The average molecular weight is 222 g/mol. The Balaban J connectivity index is 3.88. The van der Waals surface area contributed by atoms with Crippen LogP contribution in [0.5, 0.6) is 0 Å². The molecular formula is C9H18O4S. The molecule has 0 aliphatic carbocycles. The Morgan fingerprint density at radius 1 is 1.36 bits per heavy atom. The highest BCUT2D eigenvalue weighted by molar-refractivity contribution is 7.86. The molecule has 0 fully saturated rings. The second-order valence-electron chi connectivity index (χ2n) is 3.50. The van der Waals surface area contributed by atoms with Crippen molar-refractivity contribution in [2.75, 3.05) is 6.26 Å². The maximum absolute atomic E-state index is 11.2. The van der Waals surface area contributed by atoms with Crippen molar-refractivity contribution in [1.82, 2.24) is 0 Å². The standard InChI is InChI=1S/C9H18O4S/c1-4-5-6-7-8(2)9(10)13-14(3,11)12/h8H,4-7H2,1-3H3/t8-/m1/s1. The van der Waals surface area contributed by atoms with Crippen molar-refractivity contribution in [2.24, 2.45) is 5.92 Å². The van der Waals surface area contributed by atoms with Gasteiger partial charge in [0.15, 0.2) is 0 Å². The van der Waals surface area contributed by atoms with Crippen molar-refractivity contribution >= 4 is 16.1 Å². The van der Waals surface area contributed by atoms with Gasteiger partial charge >= 0.3 is 16.1 Å². The fourth-order valence-corrected chi connectivity index (χ4v) is 1.51. The number of carbonyl (C=O) groups excluding carboxylic acids is 1. The third-order valence-corrected chi connectivity index (χ3v) is 2.34. The molecule has 0 N–H and O–H groups in total. The third-order valence-electron chi connectivity index (χ3n) is 1.88. The Morgan fingerprint density at radius 2 is 1.93 bits per heavy atom. The highest BCUT2D eigenvalue weighted by Crippen LogP contribution is 2.11. The van der Waals surface area contributed by atoms with Gasteiger partial charge in [-0.2, -0.15) is 8.42 Å². The molecule has 0 amide bonds. The first-order valence-corrected chi connectivity index (χ1v) is 6.61. The predicted molar refractivity (Wildman–Crippen MR) is 54.2 cm³/mol. The minimum atomic E-state index is -3.65. The molecule has 0 aromatic heterocycles. The number of rotatable bonds is 6. The van der Waals surface area contributed by atoms with Crippen molar-refractivity contribution < 1.29 is 17.4 Å². The lowest BCUT2D eigenvalue weighted by molar-refractivity contribution is -0.137. The van der Waals surface area contributed by atoms with E-state index in [0.29, 0.717) is 6.42 Å². The molecule has 0 aromatic rings. The second-order valence-corrected chi connectivity index (χ2v) is 5.08. The molecule has 1 atom stereocenters. The summed E-state index contributed by atoms with van der Waals surface area (Å²) in [5, 5.41) is 0. The van der Waals surface area contributed by atoms with E-state index in [-0.39, 0.29) is 5.92 Å². The van der Waals surface area contributed by atoms with E-state index in [1.807, 2.05) is 0 Å². The zero-order valence-corrected chi connectivity index (χ0v) is 9.76. The van der Waals surface area contributed by atoms with Gasteiger partial charge in [0, 0.05) is 0 Å². The minimum Gasteiger partial charge on any atom is -0.346 e. The fourth-order valence-electron chi connectivity index (χ4n) is 1.05. The summed E-state index contributed by atoms with van der Waals surface area (Å²) in [4.78, 5) is 11.2. The van der Waals surface area contributed by atoms with Gasteiger partial charge < -0.3 is 4.18 Å². The summed E-state index contributed by atoms with van der Waals surface area (Å²) in [6, 6.07) is 0. The summed E-state index contributed by atoms with van der Waals surface area (Å²) in [7, 11) is -3.65. The first-order chi connectivity index (χ1) is 6.37. The highest BCUT2D eigenvalue weighted by atomic mass is 32.2. The molecule has 0 bridgehead atoms. The fraction of sp³-hybridized carbons (Fsp3) is 0.889. The van der Waals surface area contributed by atoms with Crippen LogP contribution in [0, 0.1) is 5.92 Å². The highest BCUT2D eigenvalue weighted by Gasteiger charge is 2.18. The summed E-state index contributed by atoms with van der Waals surface area (Å²) in [5.41, 5.74) is 0. The van der Waals surface area contributed by atoms with Crippen LogP contribution in [0.25, 0.3) is 0 Å². The van der Waals surface area contributed by atoms with Gasteiger partial charge in [-0.25, -0.2) is 0 Å². The Kier molecular flexibility index (Phi) is 5.76. The maximum Gasteiger partial charge on any atom is 0.324 e. The summed E-state index contributed by atoms with van der Waals surface area (Å²) < 4.78 is 25.5. The Morgan fingerprint density at radius 3 is 2.36 bits per heavy atom. The summed E-state index contributed by atoms with van der Waals surface area (Å²) in [6.45, 7) is 3.75. The van der Waals surface area contributed by atoms with Crippen molar-refractivity contribution in [3.05, 3.63) is 0 Å². The molecule has 4 nitrogen and oxygen atoms in total. The van der Waals surface area contributed by atoms with Crippen LogP contribution in [0.1, 0.15) is 39.5 Å². The van der Waals surface area contributed by atoms with Crippen LogP contribution in [0.3, 0.4) is 0 Å². The van der Waals surface area contributed by atoms with E-state index < -0.39 is 16.1 Å². The second kappa shape index (κ2) is 6.01. The largest absolute Gasteiger partial charge is 0.346 e. The van der Waals surface area contributed by atoms with Crippen molar-refractivity contribution in [2.45, 2.75) is 39.5 Å². The molecule has 14 heavy (non-hydrogen) atoms. The van der Waals surface area contributed by atoms with E-state index in [1.54, 1.807) is 6.92 Å². The number of hydrogen-bond donors (Lipinski definition) is 0. The number of hydrogen-bond acceptors (Lipinski definition) is 4. The molecule has 0 aliphatic heterocycles. The average Bonchev–Trinajstić information content (AvgIpc) is 2.01. The molecule has 5 heteroatoms. The van der Waals surface area contributed by atoms with Crippen molar-refractivity contribution in [3.63, 3.8) is 0 Å². The first-order valence-electron chi connectivity index (χ1n) is 4.80. The topological polar surface area (TPSA) is 60.4 Å². The van der Waals surface area contributed by atoms with Gasteiger partial charge in [-0.3, -0.25) is 4.79 Å². The van der Waals surface area contributed by atoms with Crippen molar-refractivity contribution in [3.8, 4) is 0 Å². The van der Waals surface area contributed by atoms with Crippen molar-refractivity contribution in [1.29, 1.82) is 0 Å². The SMILES string of the molecule is CCCCC[C@@H](C)C(=O)OS(C)(=O)=O. The van der Waals surface area contributed by atoms with Gasteiger partial charge in [0.1, 0.15) is 0 Å². The van der Waals surface area contributed by atoms with Crippen LogP contribution in [-0.2, 0) is 19.1 Å². The molecule has 0 rings (SSSR count). The van der Waals surface area contributed by atoms with Crippen LogP contribution in [0.15, 0.2) is 0 Å². The summed E-state index contributed by atoms with van der Waals surface area (Å²) in [5.74, 6) is -0.986. The number of unbranched alkanes of at least 4 members (excludes halogenated alkanes) is 2. The lowest BCUT2D eigenvalue weighted by Gasteiger charge is -2.08. The summed E-state index contributed by atoms with van der Waals surface area (Å²) >= 11 is 0. The molecule has 0 saturated heterocycles. The monoisotopic (exact) mass is 222 g/mol. The van der Waals surface area contributed by atoms with E-state index in [2.05, 4.69) is 11.1 Å². The van der Waals surface area contributed by atoms with Crippen LogP contribution >= 0.6 is 0 Å². The van der Waals surface area contributed by atoms with Gasteiger partial charge in [0.2, 0.25) is 0 Å². The van der Waals surface area contributed by atoms with Crippen LogP contribution in [-0.4, -0.2) is 20.6 Å². The van der Waals surface area contributed by atoms with E-state index in [9.17, 15) is 13.2 Å². The van der Waals surface area contributed by atoms with Crippen LogP contribution < -0.4 is 0 Å². The van der Waals surface area contributed by atoms with Gasteiger partial charge in [-0.1, -0.05) is 33.1 Å². The van der Waals surface area contributed by atoms with Crippen LogP contribution in [0.2, 0.25) is 0 Å². The Hall–Kier alpha value is -0.580. The number of carbonyl (C=O) groups is 1. The molecule has 84 valence electrons. The van der Waals surface area contributed by atoms with Gasteiger partial charge in [0.05, 0.1) is 12.2 Å². The minimum absolute atomic E-state index is 0.337. The summed E-state index contributed by atoms with van der Waals surface area (Å²) in [6.07, 6.45) is 4.62. The molecule has 0 saturated carbocycles. The quantitative estimate of drug-likeness (QED) is 0.507. The Bertz CT molecular complexity index is 269. The van der Waals surface area contributed by atoms with Crippen LogP contribution in [0.4, 0.5) is 0 Å². The lowest BCUT2D eigenvalue weighted by atomic mass is 10.0. The first kappa shape index (κ1) is 13.4. The van der Waals surface area contributed by atoms with E-state index in [1.165, 1.54) is 0 Å². The molecule has 0 spiro atoms. The van der Waals surface area contributed by atoms with Gasteiger partial charge in [-0.05, 0) is 6.42 Å². The smallest absolute Gasteiger partial charge is 0.324 e. The molecule has 0 aliphatic rings. The van der Waals surface area contributed by atoms with Gasteiger partial charge in [0.25, 0.3) is 0 Å². The molecule has 0 aromatic carbocycles. The molecule has 0 radical (unpaired) electrons. The normalized spacial score (nSPS) is 13.6.